The third-order valence-corrected chi connectivity index (χ3v) is 6.34. The van der Waals surface area contributed by atoms with E-state index in [4.69, 9.17) is 0 Å². The van der Waals surface area contributed by atoms with Crippen LogP contribution < -0.4 is 5.32 Å². The molecule has 35 heavy (non-hydrogen) atoms. The molecule has 0 bridgehead atoms. The van der Waals surface area contributed by atoms with Crippen molar-refractivity contribution >= 4 is 11.8 Å². The van der Waals surface area contributed by atoms with Crippen LogP contribution in [0, 0.1) is 5.92 Å². The number of nitrogens with one attached hydrogen (secondary N) is 1. The van der Waals surface area contributed by atoms with E-state index < -0.39 is 6.04 Å². The van der Waals surface area contributed by atoms with Crippen molar-refractivity contribution in [3.8, 4) is 0 Å². The number of benzene rings is 3. The highest BCUT2D eigenvalue weighted by Gasteiger charge is 2.30. The molecule has 3 rings (SSSR count). The predicted octanol–water partition coefficient (Wildman–Crippen LogP) is 5.83. The first-order chi connectivity index (χ1) is 17.0. The zero-order valence-corrected chi connectivity index (χ0v) is 21.2. The summed E-state index contributed by atoms with van der Waals surface area (Å²) in [6.45, 7) is 7.24. The Morgan fingerprint density at radius 1 is 0.800 bits per heavy atom. The molecule has 0 aliphatic heterocycles. The average Bonchev–Trinajstić information content (AvgIpc) is 2.89. The van der Waals surface area contributed by atoms with Crippen LogP contribution in [0.4, 0.5) is 0 Å². The van der Waals surface area contributed by atoms with Gasteiger partial charge in [0.05, 0.1) is 0 Å². The molecule has 1 N–H and O–H groups in total. The molecule has 0 unspecified atom stereocenters. The molecule has 0 fully saturated rings. The fourth-order valence-electron chi connectivity index (χ4n) is 4.41. The number of carbonyl (C=O) groups is 2. The quantitative estimate of drug-likeness (QED) is 0.362. The van der Waals surface area contributed by atoms with Crippen molar-refractivity contribution < 1.29 is 9.59 Å². The van der Waals surface area contributed by atoms with Crippen molar-refractivity contribution in [2.45, 2.75) is 52.0 Å². The van der Waals surface area contributed by atoms with Gasteiger partial charge in [0.2, 0.25) is 11.8 Å². The van der Waals surface area contributed by atoms with Gasteiger partial charge in [-0.2, -0.15) is 0 Å². The maximum atomic E-state index is 13.9. The lowest BCUT2D eigenvalue weighted by molar-refractivity contribution is -0.140. The molecule has 1 atom stereocenters. The third-order valence-electron chi connectivity index (χ3n) is 6.34. The van der Waals surface area contributed by atoms with E-state index in [-0.39, 0.29) is 17.7 Å². The van der Waals surface area contributed by atoms with Crippen LogP contribution in [0.3, 0.4) is 0 Å². The number of carbonyl (C=O) groups excluding carboxylic acids is 2. The van der Waals surface area contributed by atoms with Crippen LogP contribution in [0.25, 0.3) is 0 Å². The zero-order chi connectivity index (χ0) is 25.0. The second-order valence-corrected chi connectivity index (χ2v) is 9.46. The minimum atomic E-state index is -0.489. The van der Waals surface area contributed by atoms with Crippen molar-refractivity contribution in [3.05, 3.63) is 108 Å². The topological polar surface area (TPSA) is 49.4 Å². The van der Waals surface area contributed by atoms with E-state index in [1.165, 1.54) is 0 Å². The van der Waals surface area contributed by atoms with E-state index in [0.29, 0.717) is 38.3 Å². The molecule has 0 aliphatic rings. The Hall–Kier alpha value is -3.40. The predicted molar refractivity (Wildman–Crippen MR) is 143 cm³/mol. The van der Waals surface area contributed by atoms with Gasteiger partial charge in [0.1, 0.15) is 6.04 Å². The molecular weight excluding hydrogens is 432 g/mol. The number of rotatable bonds is 12. The van der Waals surface area contributed by atoms with Crippen molar-refractivity contribution in [2.75, 3.05) is 13.1 Å². The molecule has 3 aromatic carbocycles. The lowest BCUT2D eigenvalue weighted by atomic mass is 9.88. The lowest BCUT2D eigenvalue weighted by Gasteiger charge is -2.32. The normalized spacial score (nSPS) is 11.9. The molecule has 0 aromatic heterocycles. The monoisotopic (exact) mass is 470 g/mol. The van der Waals surface area contributed by atoms with Crippen molar-refractivity contribution in [1.29, 1.82) is 0 Å². The van der Waals surface area contributed by atoms with E-state index >= 15 is 0 Å². The zero-order valence-electron chi connectivity index (χ0n) is 21.2. The standard InChI is InChI=1S/C31H38N2O2/c1-4-29(31(35)32-23-24(2)3)33(21-20-25-14-8-5-9-15-25)30(34)22-28(26-16-10-6-11-17-26)27-18-12-7-13-19-27/h5-19,24,28-29H,4,20-23H2,1-3H3,(H,32,35)/t29-/m0/s1. The third kappa shape index (κ3) is 7.81. The highest BCUT2D eigenvalue weighted by Crippen LogP contribution is 2.29. The van der Waals surface area contributed by atoms with Gasteiger partial charge in [-0.1, -0.05) is 112 Å². The molecule has 0 spiro atoms. The largest absolute Gasteiger partial charge is 0.354 e. The van der Waals surface area contributed by atoms with E-state index in [9.17, 15) is 9.59 Å². The van der Waals surface area contributed by atoms with Crippen LogP contribution in [-0.4, -0.2) is 35.8 Å². The second-order valence-electron chi connectivity index (χ2n) is 9.46. The van der Waals surface area contributed by atoms with Crippen LogP contribution in [0.1, 0.15) is 56.2 Å². The van der Waals surface area contributed by atoms with Crippen molar-refractivity contribution in [1.82, 2.24) is 10.2 Å². The van der Waals surface area contributed by atoms with Crippen LogP contribution >= 0.6 is 0 Å². The summed E-state index contributed by atoms with van der Waals surface area (Å²) in [6.07, 6.45) is 1.60. The molecular formula is C31H38N2O2. The van der Waals surface area contributed by atoms with Gasteiger partial charge in [-0.25, -0.2) is 0 Å². The van der Waals surface area contributed by atoms with Gasteiger partial charge in [0.15, 0.2) is 0 Å². The maximum Gasteiger partial charge on any atom is 0.242 e. The van der Waals surface area contributed by atoms with Crippen LogP contribution in [0.2, 0.25) is 0 Å². The first-order valence-corrected chi connectivity index (χ1v) is 12.7. The van der Waals surface area contributed by atoms with Gasteiger partial charge in [-0.3, -0.25) is 9.59 Å². The Balaban J connectivity index is 1.87. The molecule has 2 amide bonds. The van der Waals surface area contributed by atoms with Crippen molar-refractivity contribution in [3.63, 3.8) is 0 Å². The molecule has 4 heteroatoms. The Morgan fingerprint density at radius 2 is 1.31 bits per heavy atom. The highest BCUT2D eigenvalue weighted by atomic mass is 16.2. The fourth-order valence-corrected chi connectivity index (χ4v) is 4.41. The number of hydrogen-bond acceptors (Lipinski definition) is 2. The average molecular weight is 471 g/mol. The summed E-state index contributed by atoms with van der Waals surface area (Å²) in [5.41, 5.74) is 3.37. The summed E-state index contributed by atoms with van der Waals surface area (Å²) in [7, 11) is 0. The summed E-state index contributed by atoms with van der Waals surface area (Å²) >= 11 is 0. The van der Waals surface area contributed by atoms with Gasteiger partial charge in [-0.05, 0) is 35.4 Å². The van der Waals surface area contributed by atoms with Crippen molar-refractivity contribution in [2.24, 2.45) is 5.92 Å². The molecule has 4 nitrogen and oxygen atoms in total. The number of amides is 2. The maximum absolute atomic E-state index is 13.9. The minimum absolute atomic E-state index is 0.00480. The lowest BCUT2D eigenvalue weighted by Crippen LogP contribution is -2.50. The van der Waals surface area contributed by atoms with Crippen LogP contribution in [0.5, 0.6) is 0 Å². The minimum Gasteiger partial charge on any atom is -0.354 e. The van der Waals surface area contributed by atoms with Gasteiger partial charge < -0.3 is 10.2 Å². The summed E-state index contributed by atoms with van der Waals surface area (Å²) in [6, 6.07) is 30.0. The fraction of sp³-hybridized carbons (Fsp3) is 0.355. The Morgan fingerprint density at radius 3 is 1.80 bits per heavy atom. The molecule has 0 radical (unpaired) electrons. The molecule has 3 aromatic rings. The Bertz CT molecular complexity index is 996. The molecule has 0 aliphatic carbocycles. The molecule has 0 saturated carbocycles. The molecule has 184 valence electrons. The Labute approximate surface area is 210 Å². The Kier molecular flexibility index (Phi) is 10.1. The van der Waals surface area contributed by atoms with Crippen LogP contribution in [-0.2, 0) is 16.0 Å². The smallest absolute Gasteiger partial charge is 0.242 e. The van der Waals surface area contributed by atoms with E-state index in [1.54, 1.807) is 0 Å². The van der Waals surface area contributed by atoms with E-state index in [0.717, 1.165) is 16.7 Å². The molecule has 0 heterocycles. The summed E-state index contributed by atoms with van der Waals surface area (Å²) in [5, 5.41) is 3.05. The summed E-state index contributed by atoms with van der Waals surface area (Å²) in [4.78, 5) is 28.9. The SMILES string of the molecule is CC[C@@H](C(=O)NCC(C)C)N(CCc1ccccc1)C(=O)CC(c1ccccc1)c1ccccc1. The number of hydrogen-bond donors (Lipinski definition) is 1. The van der Waals surface area contributed by atoms with Crippen LogP contribution in [0.15, 0.2) is 91.0 Å². The van der Waals surface area contributed by atoms with Gasteiger partial charge >= 0.3 is 0 Å². The van der Waals surface area contributed by atoms with Gasteiger partial charge in [-0.15, -0.1) is 0 Å². The molecule has 0 saturated heterocycles. The van der Waals surface area contributed by atoms with Gasteiger partial charge in [0.25, 0.3) is 0 Å². The first kappa shape index (κ1) is 26.2. The summed E-state index contributed by atoms with van der Waals surface area (Å²) < 4.78 is 0. The highest BCUT2D eigenvalue weighted by molar-refractivity contribution is 5.88. The first-order valence-electron chi connectivity index (χ1n) is 12.7. The van der Waals surface area contributed by atoms with E-state index in [2.05, 4.69) is 55.6 Å². The summed E-state index contributed by atoms with van der Waals surface area (Å²) in [5.74, 6) is 0.217. The van der Waals surface area contributed by atoms with E-state index in [1.807, 2.05) is 66.4 Å². The second kappa shape index (κ2) is 13.5. The van der Waals surface area contributed by atoms with Gasteiger partial charge in [0, 0.05) is 25.4 Å². The number of nitrogens with zero attached hydrogens (tertiary/aromatic N) is 1.